The first-order valence-corrected chi connectivity index (χ1v) is 8.21. The van der Waals surface area contributed by atoms with E-state index in [9.17, 15) is 19.5 Å². The average molecular weight is 344 g/mol. The molecule has 132 valence electrons. The lowest BCUT2D eigenvalue weighted by molar-refractivity contribution is -0.123. The van der Waals surface area contributed by atoms with E-state index in [2.05, 4.69) is 15.3 Å². The molecule has 0 unspecified atom stereocenters. The minimum Gasteiger partial charge on any atom is -0.393 e. The minimum atomic E-state index is -0.538. The van der Waals surface area contributed by atoms with Crippen LogP contribution in [0.25, 0.3) is 0 Å². The second kappa shape index (κ2) is 7.43. The number of carbonyl (C=O) groups is 1. The molecule has 0 aliphatic heterocycles. The fourth-order valence-electron chi connectivity index (χ4n) is 2.98. The number of hydrogen-bond acceptors (Lipinski definition) is 5. The van der Waals surface area contributed by atoms with E-state index in [1.165, 1.54) is 16.8 Å². The summed E-state index contributed by atoms with van der Waals surface area (Å²) in [5.74, 6) is -0.0696. The zero-order valence-corrected chi connectivity index (χ0v) is 13.6. The maximum Gasteiger partial charge on any atom is 0.328 e. The Bertz CT molecular complexity index is 839. The lowest BCUT2D eigenvalue weighted by atomic mass is 9.76. The van der Waals surface area contributed by atoms with Crippen molar-refractivity contribution in [3.63, 3.8) is 0 Å². The van der Waals surface area contributed by atoms with Gasteiger partial charge >= 0.3 is 5.69 Å². The second-order valence-corrected chi connectivity index (χ2v) is 6.24. The number of aromatic amines is 1. The molecule has 0 saturated heterocycles. The van der Waals surface area contributed by atoms with E-state index in [1.54, 1.807) is 12.3 Å². The highest BCUT2D eigenvalue weighted by Crippen LogP contribution is 2.37. The van der Waals surface area contributed by atoms with Crippen molar-refractivity contribution in [1.82, 2.24) is 19.9 Å². The lowest BCUT2D eigenvalue weighted by Gasteiger charge is -2.37. The highest BCUT2D eigenvalue weighted by atomic mass is 16.3. The third-order valence-electron chi connectivity index (χ3n) is 4.42. The summed E-state index contributed by atoms with van der Waals surface area (Å²) in [5.41, 5.74) is -0.248. The summed E-state index contributed by atoms with van der Waals surface area (Å²) in [6.45, 7) is 0.170. The van der Waals surface area contributed by atoms with E-state index in [-0.39, 0.29) is 36.9 Å². The number of rotatable bonds is 6. The predicted molar refractivity (Wildman–Crippen MR) is 89.8 cm³/mol. The topological polar surface area (TPSA) is 117 Å². The van der Waals surface area contributed by atoms with Gasteiger partial charge < -0.3 is 15.0 Å². The summed E-state index contributed by atoms with van der Waals surface area (Å²) < 4.78 is 1.28. The summed E-state index contributed by atoms with van der Waals surface area (Å²) in [6.07, 6.45) is 4.07. The van der Waals surface area contributed by atoms with Gasteiger partial charge in [0.15, 0.2) is 0 Å². The highest BCUT2D eigenvalue weighted by Gasteiger charge is 2.36. The van der Waals surface area contributed by atoms with Gasteiger partial charge in [-0.15, -0.1) is 0 Å². The SMILES string of the molecule is O=C(CCn1ccc(=O)[nH]c1=O)N[C@H](c1ccccn1)C1CC(O)C1. The van der Waals surface area contributed by atoms with Crippen LogP contribution in [-0.4, -0.2) is 31.7 Å². The fraction of sp³-hybridized carbons (Fsp3) is 0.412. The first-order chi connectivity index (χ1) is 12.0. The van der Waals surface area contributed by atoms with Crippen molar-refractivity contribution in [2.45, 2.75) is 38.0 Å². The maximum absolute atomic E-state index is 12.3. The molecule has 25 heavy (non-hydrogen) atoms. The Morgan fingerprint density at radius 1 is 1.36 bits per heavy atom. The molecule has 1 amide bonds. The Labute approximate surface area is 143 Å². The molecule has 2 aromatic rings. The first-order valence-electron chi connectivity index (χ1n) is 8.21. The van der Waals surface area contributed by atoms with Crippen LogP contribution in [0.2, 0.25) is 0 Å². The Balaban J connectivity index is 1.64. The molecule has 2 heterocycles. The average Bonchev–Trinajstić information content (AvgIpc) is 2.57. The second-order valence-electron chi connectivity index (χ2n) is 6.24. The number of aliphatic hydroxyl groups is 1. The van der Waals surface area contributed by atoms with Gasteiger partial charge in [0.2, 0.25) is 5.91 Å². The molecular formula is C17H20N4O4. The number of aliphatic hydroxyl groups excluding tert-OH is 1. The first kappa shape index (κ1) is 17.1. The summed E-state index contributed by atoms with van der Waals surface area (Å²) in [6, 6.07) is 6.50. The van der Waals surface area contributed by atoms with Crippen LogP contribution in [0.15, 0.2) is 46.2 Å². The third-order valence-corrected chi connectivity index (χ3v) is 4.42. The number of amides is 1. The number of nitrogens with one attached hydrogen (secondary N) is 2. The normalized spacial score (nSPS) is 20.5. The van der Waals surface area contributed by atoms with Crippen LogP contribution in [0.1, 0.15) is 31.0 Å². The van der Waals surface area contributed by atoms with Gasteiger partial charge in [-0.3, -0.25) is 19.6 Å². The number of aromatic nitrogens is 3. The Kier molecular flexibility index (Phi) is 5.08. The molecule has 1 aliphatic rings. The fourth-order valence-corrected chi connectivity index (χ4v) is 2.98. The van der Waals surface area contributed by atoms with E-state index >= 15 is 0 Å². The van der Waals surface area contributed by atoms with Crippen LogP contribution in [0.3, 0.4) is 0 Å². The zero-order chi connectivity index (χ0) is 17.8. The van der Waals surface area contributed by atoms with Crippen LogP contribution >= 0.6 is 0 Å². The zero-order valence-electron chi connectivity index (χ0n) is 13.6. The Morgan fingerprint density at radius 3 is 2.80 bits per heavy atom. The number of H-pyrrole nitrogens is 1. The van der Waals surface area contributed by atoms with Crippen molar-refractivity contribution in [3.8, 4) is 0 Å². The molecule has 8 nitrogen and oxygen atoms in total. The Morgan fingerprint density at radius 2 is 2.16 bits per heavy atom. The quantitative estimate of drug-likeness (QED) is 0.679. The molecule has 3 N–H and O–H groups in total. The third kappa shape index (κ3) is 4.21. The number of carbonyl (C=O) groups excluding carboxylic acids is 1. The van der Waals surface area contributed by atoms with Gasteiger partial charge in [0.05, 0.1) is 17.8 Å². The molecule has 0 radical (unpaired) electrons. The van der Waals surface area contributed by atoms with Crippen molar-refractivity contribution in [2.75, 3.05) is 0 Å². The van der Waals surface area contributed by atoms with E-state index in [4.69, 9.17) is 0 Å². The van der Waals surface area contributed by atoms with Crippen molar-refractivity contribution >= 4 is 5.91 Å². The van der Waals surface area contributed by atoms with Crippen molar-refractivity contribution in [3.05, 3.63) is 63.2 Å². The molecule has 0 aromatic carbocycles. The summed E-state index contributed by atoms with van der Waals surface area (Å²) in [7, 11) is 0. The number of pyridine rings is 1. The molecule has 8 heteroatoms. The van der Waals surface area contributed by atoms with Crippen molar-refractivity contribution in [2.24, 2.45) is 5.92 Å². The number of hydrogen-bond donors (Lipinski definition) is 3. The number of nitrogens with zero attached hydrogens (tertiary/aromatic N) is 2. The van der Waals surface area contributed by atoms with Crippen LogP contribution in [0.5, 0.6) is 0 Å². The Hall–Kier alpha value is -2.74. The molecule has 1 atom stereocenters. The molecule has 1 saturated carbocycles. The van der Waals surface area contributed by atoms with Gasteiger partial charge in [0.1, 0.15) is 0 Å². The van der Waals surface area contributed by atoms with Gasteiger partial charge in [0, 0.05) is 31.4 Å². The van der Waals surface area contributed by atoms with E-state index in [0.29, 0.717) is 12.8 Å². The van der Waals surface area contributed by atoms with Crippen LogP contribution in [-0.2, 0) is 11.3 Å². The van der Waals surface area contributed by atoms with E-state index < -0.39 is 11.2 Å². The standard InChI is InChI=1S/C17H20N4O4/c22-12-9-11(10-12)16(13-3-1-2-6-18-13)19-14(23)4-7-21-8-5-15(24)20-17(21)25/h1-3,5-6,8,11-12,16,22H,4,7,9-10H2,(H,19,23)(H,20,24,25)/t11?,12?,16-/m0/s1. The van der Waals surface area contributed by atoms with Gasteiger partial charge in [-0.2, -0.15) is 0 Å². The molecule has 1 aliphatic carbocycles. The molecular weight excluding hydrogens is 324 g/mol. The van der Waals surface area contributed by atoms with Gasteiger partial charge in [-0.1, -0.05) is 6.07 Å². The van der Waals surface area contributed by atoms with Crippen LogP contribution in [0.4, 0.5) is 0 Å². The lowest BCUT2D eigenvalue weighted by Crippen LogP contribution is -2.42. The van der Waals surface area contributed by atoms with Crippen LogP contribution in [0, 0.1) is 5.92 Å². The molecule has 2 aromatic heterocycles. The number of aryl methyl sites for hydroxylation is 1. The largest absolute Gasteiger partial charge is 0.393 e. The van der Waals surface area contributed by atoms with Crippen LogP contribution < -0.4 is 16.6 Å². The van der Waals surface area contributed by atoms with Crippen molar-refractivity contribution < 1.29 is 9.90 Å². The van der Waals surface area contributed by atoms with Gasteiger partial charge in [-0.25, -0.2) is 4.79 Å². The molecule has 1 fully saturated rings. The van der Waals surface area contributed by atoms with Gasteiger partial charge in [-0.05, 0) is 30.9 Å². The summed E-state index contributed by atoms with van der Waals surface area (Å²) in [4.78, 5) is 41.5. The predicted octanol–water partition coefficient (Wildman–Crippen LogP) is -0.0499. The smallest absolute Gasteiger partial charge is 0.328 e. The highest BCUT2D eigenvalue weighted by molar-refractivity contribution is 5.76. The monoisotopic (exact) mass is 344 g/mol. The summed E-state index contributed by atoms with van der Waals surface area (Å²) >= 11 is 0. The molecule has 0 spiro atoms. The van der Waals surface area contributed by atoms with E-state index in [1.807, 2.05) is 12.1 Å². The maximum atomic E-state index is 12.3. The summed E-state index contributed by atoms with van der Waals surface area (Å²) in [5, 5.41) is 12.5. The molecule has 3 rings (SSSR count). The minimum absolute atomic E-state index is 0.102. The van der Waals surface area contributed by atoms with Gasteiger partial charge in [0.25, 0.3) is 5.56 Å². The van der Waals surface area contributed by atoms with E-state index in [0.717, 1.165) is 5.69 Å². The molecule has 0 bridgehead atoms. The van der Waals surface area contributed by atoms with Crippen molar-refractivity contribution in [1.29, 1.82) is 0 Å².